The minimum atomic E-state index is -0.657. The number of fused-ring (bicyclic) bond motifs is 3. The molecule has 164 valence electrons. The molecule has 5 rings (SSSR count). The van der Waals surface area contributed by atoms with Gasteiger partial charge in [0.05, 0.1) is 29.6 Å². The Morgan fingerprint density at radius 2 is 1.78 bits per heavy atom. The number of urea groups is 1. The van der Waals surface area contributed by atoms with Gasteiger partial charge in [-0.3, -0.25) is 19.5 Å². The molecule has 0 radical (unpaired) electrons. The predicted molar refractivity (Wildman–Crippen MR) is 122 cm³/mol. The Bertz CT molecular complexity index is 1140. The molecule has 2 aromatic rings. The molecular weight excluding hydrogens is 430 g/mol. The van der Waals surface area contributed by atoms with Crippen LogP contribution in [0.2, 0.25) is 5.02 Å². The third kappa shape index (κ3) is 3.06. The molecular formula is C23H22ClN5O3. The van der Waals surface area contributed by atoms with Crippen LogP contribution < -0.4 is 4.90 Å². The number of aliphatic imine (C=N–C) groups is 1. The largest absolute Gasteiger partial charge is 0.383 e. The first-order chi connectivity index (χ1) is 15.5. The zero-order chi connectivity index (χ0) is 22.4. The number of hydrogen-bond donors (Lipinski definition) is 0. The first kappa shape index (κ1) is 20.5. The van der Waals surface area contributed by atoms with Gasteiger partial charge in [0.1, 0.15) is 0 Å². The summed E-state index contributed by atoms with van der Waals surface area (Å²) in [4.78, 5) is 37.6. The first-order valence-corrected chi connectivity index (χ1v) is 10.7. The second-order valence-electron chi connectivity index (χ2n) is 7.74. The van der Waals surface area contributed by atoms with Gasteiger partial charge in [0.25, 0.3) is 5.91 Å². The molecule has 3 aliphatic rings. The van der Waals surface area contributed by atoms with E-state index in [4.69, 9.17) is 21.3 Å². The number of rotatable bonds is 5. The molecule has 8 nitrogen and oxygen atoms in total. The lowest BCUT2D eigenvalue weighted by atomic mass is 10.1. The van der Waals surface area contributed by atoms with Crippen LogP contribution >= 0.6 is 11.6 Å². The van der Waals surface area contributed by atoms with E-state index in [9.17, 15) is 9.59 Å². The number of nitrogens with zero attached hydrogens (tertiary/aromatic N) is 5. The maximum atomic E-state index is 13.4. The van der Waals surface area contributed by atoms with Crippen LogP contribution in [0.3, 0.4) is 0 Å². The van der Waals surface area contributed by atoms with Crippen molar-refractivity contribution in [1.82, 2.24) is 14.7 Å². The summed E-state index contributed by atoms with van der Waals surface area (Å²) in [5.41, 5.74) is 2.57. The fourth-order valence-electron chi connectivity index (χ4n) is 4.31. The van der Waals surface area contributed by atoms with Gasteiger partial charge < -0.3 is 9.64 Å². The number of imide groups is 1. The van der Waals surface area contributed by atoms with Crippen molar-refractivity contribution in [3.8, 4) is 0 Å². The van der Waals surface area contributed by atoms with Crippen molar-refractivity contribution >= 4 is 40.9 Å². The van der Waals surface area contributed by atoms with Crippen LogP contribution in [-0.2, 0) is 9.53 Å². The Morgan fingerprint density at radius 3 is 2.50 bits per heavy atom. The summed E-state index contributed by atoms with van der Waals surface area (Å²) in [6, 6.07) is 16.3. The number of halogens is 1. The minimum absolute atomic E-state index is 0.189. The van der Waals surface area contributed by atoms with Gasteiger partial charge >= 0.3 is 6.03 Å². The highest BCUT2D eigenvalue weighted by Crippen LogP contribution is 2.41. The average Bonchev–Trinajstić information content (AvgIpc) is 3.35. The second kappa shape index (κ2) is 7.96. The number of likely N-dealkylation sites (N-methyl/N-ethyl adjacent to an activating group) is 1. The Hall–Kier alpha value is -3.36. The highest BCUT2D eigenvalue weighted by molar-refractivity contribution is 6.34. The van der Waals surface area contributed by atoms with Crippen molar-refractivity contribution in [3.05, 3.63) is 71.4 Å². The first-order valence-electron chi connectivity index (χ1n) is 10.3. The van der Waals surface area contributed by atoms with Gasteiger partial charge in [-0.25, -0.2) is 9.79 Å². The van der Waals surface area contributed by atoms with Gasteiger partial charge in [-0.05, 0) is 12.1 Å². The average molecular weight is 452 g/mol. The zero-order valence-electron chi connectivity index (χ0n) is 17.7. The van der Waals surface area contributed by atoms with Crippen molar-refractivity contribution in [2.75, 3.05) is 32.2 Å². The molecule has 1 saturated heterocycles. The van der Waals surface area contributed by atoms with Gasteiger partial charge in [0.2, 0.25) is 5.96 Å². The molecule has 0 N–H and O–H groups in total. The summed E-state index contributed by atoms with van der Waals surface area (Å²) in [7, 11) is 3.21. The van der Waals surface area contributed by atoms with Crippen LogP contribution in [0, 0.1) is 0 Å². The Labute approximate surface area is 190 Å². The van der Waals surface area contributed by atoms with E-state index < -0.39 is 12.2 Å². The highest BCUT2D eigenvalue weighted by Gasteiger charge is 2.54. The molecule has 3 heterocycles. The predicted octanol–water partition coefficient (Wildman–Crippen LogP) is 3.07. The number of para-hydroxylation sites is 1. The summed E-state index contributed by atoms with van der Waals surface area (Å²) >= 11 is 6.57. The number of carbonyl (C=O) groups is 2. The normalized spacial score (nSPS) is 22.2. The second-order valence-corrected chi connectivity index (χ2v) is 8.15. The van der Waals surface area contributed by atoms with E-state index >= 15 is 0 Å². The third-order valence-corrected chi connectivity index (χ3v) is 6.21. The zero-order valence-corrected chi connectivity index (χ0v) is 18.4. The standard InChI is InChI=1S/C23H22ClN5O3/c1-26-20-19(21(30)27(23(26)31)12-13-32-2)28-14-18(15-8-4-3-5-9-15)29(22(28)25-20)17-11-7-6-10-16(17)24/h3-11,14,19-20H,12-13H2,1-2H3. The Kier molecular flexibility index (Phi) is 5.11. The molecule has 3 aliphatic heterocycles. The lowest BCUT2D eigenvalue weighted by Gasteiger charge is -2.40. The van der Waals surface area contributed by atoms with Gasteiger partial charge in [-0.2, -0.15) is 0 Å². The number of hydrogen-bond acceptors (Lipinski definition) is 6. The van der Waals surface area contributed by atoms with Gasteiger partial charge in [0.15, 0.2) is 12.2 Å². The number of anilines is 1. The molecule has 0 saturated carbocycles. The van der Waals surface area contributed by atoms with Crippen molar-refractivity contribution in [3.63, 3.8) is 0 Å². The summed E-state index contributed by atoms with van der Waals surface area (Å²) < 4.78 is 5.10. The van der Waals surface area contributed by atoms with E-state index in [2.05, 4.69) is 0 Å². The molecule has 32 heavy (non-hydrogen) atoms. The number of carbonyl (C=O) groups excluding carboxylic acids is 2. The summed E-state index contributed by atoms with van der Waals surface area (Å²) in [5, 5.41) is 0.561. The number of amides is 3. The van der Waals surface area contributed by atoms with E-state index in [0.717, 1.165) is 16.9 Å². The minimum Gasteiger partial charge on any atom is -0.383 e. The van der Waals surface area contributed by atoms with Crippen LogP contribution in [0.4, 0.5) is 10.5 Å². The van der Waals surface area contributed by atoms with E-state index in [-0.39, 0.29) is 25.1 Å². The van der Waals surface area contributed by atoms with E-state index in [1.165, 1.54) is 9.80 Å². The molecule has 0 aliphatic carbocycles. The maximum Gasteiger partial charge on any atom is 0.328 e. The Balaban J connectivity index is 1.61. The van der Waals surface area contributed by atoms with Gasteiger partial charge in [0, 0.05) is 25.9 Å². The lowest BCUT2D eigenvalue weighted by Crippen LogP contribution is -2.64. The summed E-state index contributed by atoms with van der Waals surface area (Å²) in [6.07, 6.45) is 1.29. The monoisotopic (exact) mass is 451 g/mol. The molecule has 1 fully saturated rings. The molecule has 2 atom stereocenters. The fraction of sp³-hybridized carbons (Fsp3) is 0.261. The molecule has 9 heteroatoms. The van der Waals surface area contributed by atoms with Crippen LogP contribution in [0.25, 0.3) is 5.70 Å². The van der Waals surface area contributed by atoms with Crippen molar-refractivity contribution in [2.24, 2.45) is 4.99 Å². The number of methoxy groups -OCH3 is 1. The molecule has 0 aromatic heterocycles. The molecule has 2 aromatic carbocycles. The molecule has 2 unspecified atom stereocenters. The fourth-order valence-corrected chi connectivity index (χ4v) is 4.53. The Morgan fingerprint density at radius 1 is 1.06 bits per heavy atom. The summed E-state index contributed by atoms with van der Waals surface area (Å²) in [6.45, 7) is 0.460. The smallest absolute Gasteiger partial charge is 0.328 e. The van der Waals surface area contributed by atoms with E-state index in [1.54, 1.807) is 14.2 Å². The summed E-state index contributed by atoms with van der Waals surface area (Å²) in [5.74, 6) is 0.270. The molecule has 3 amide bonds. The molecule has 0 spiro atoms. The number of benzene rings is 2. The van der Waals surface area contributed by atoms with Crippen LogP contribution in [-0.4, -0.2) is 72.1 Å². The quantitative estimate of drug-likeness (QED) is 0.698. The topological polar surface area (TPSA) is 68.7 Å². The van der Waals surface area contributed by atoms with Gasteiger partial charge in [-0.1, -0.05) is 54.1 Å². The number of guanidine groups is 1. The number of ether oxygens (including phenoxy) is 1. The van der Waals surface area contributed by atoms with Crippen LogP contribution in [0.5, 0.6) is 0 Å². The third-order valence-electron chi connectivity index (χ3n) is 5.89. The van der Waals surface area contributed by atoms with Gasteiger partial charge in [-0.15, -0.1) is 0 Å². The molecule has 0 bridgehead atoms. The van der Waals surface area contributed by atoms with E-state index in [1.807, 2.05) is 70.6 Å². The van der Waals surface area contributed by atoms with Crippen molar-refractivity contribution in [1.29, 1.82) is 0 Å². The SMILES string of the molecule is COCCN1C(=O)C2C(N=C3N(c4ccccc4Cl)C(c4ccccc4)=CN32)N(C)C1=O. The van der Waals surface area contributed by atoms with Crippen molar-refractivity contribution < 1.29 is 14.3 Å². The van der Waals surface area contributed by atoms with Crippen LogP contribution in [0.15, 0.2) is 65.8 Å². The van der Waals surface area contributed by atoms with E-state index in [0.29, 0.717) is 11.0 Å². The van der Waals surface area contributed by atoms with Crippen LogP contribution in [0.1, 0.15) is 5.56 Å². The maximum absolute atomic E-state index is 13.4. The van der Waals surface area contributed by atoms with Crippen molar-refractivity contribution in [2.45, 2.75) is 12.2 Å². The highest BCUT2D eigenvalue weighted by atomic mass is 35.5. The lowest BCUT2D eigenvalue weighted by molar-refractivity contribution is -0.137.